The highest BCUT2D eigenvalue weighted by molar-refractivity contribution is 5.80. The van der Waals surface area contributed by atoms with E-state index < -0.39 is 0 Å². The molecular weight excluding hydrogens is 322 g/mol. The molecule has 2 N–H and O–H groups in total. The number of imidazole rings is 1. The van der Waals surface area contributed by atoms with Crippen molar-refractivity contribution in [3.8, 4) is 17.0 Å². The maximum absolute atomic E-state index is 9.60. The Balaban J connectivity index is 1.86. The van der Waals surface area contributed by atoms with Gasteiger partial charge in [-0.05, 0) is 66.9 Å². The van der Waals surface area contributed by atoms with E-state index in [2.05, 4.69) is 53.9 Å². The van der Waals surface area contributed by atoms with E-state index in [0.717, 1.165) is 40.4 Å². The minimum absolute atomic E-state index is 0.248. The van der Waals surface area contributed by atoms with Gasteiger partial charge in [0.05, 0.1) is 0 Å². The van der Waals surface area contributed by atoms with Crippen LogP contribution >= 0.6 is 0 Å². The Bertz CT molecular complexity index is 1050. The summed E-state index contributed by atoms with van der Waals surface area (Å²) in [7, 11) is 0. The van der Waals surface area contributed by atoms with Gasteiger partial charge >= 0.3 is 0 Å². The van der Waals surface area contributed by atoms with Crippen LogP contribution in [0.5, 0.6) is 5.75 Å². The Morgan fingerprint density at radius 2 is 1.73 bits per heavy atom. The number of phenolic OH excluding ortho intramolecular Hbond substituents is 1. The Labute approximate surface area is 152 Å². The van der Waals surface area contributed by atoms with Crippen molar-refractivity contribution in [3.63, 3.8) is 0 Å². The van der Waals surface area contributed by atoms with Crippen LogP contribution in [0, 0.1) is 6.92 Å². The first kappa shape index (κ1) is 16.2. The molecule has 130 valence electrons. The fourth-order valence-electron chi connectivity index (χ4n) is 3.10. The van der Waals surface area contributed by atoms with E-state index >= 15 is 0 Å². The van der Waals surface area contributed by atoms with Gasteiger partial charge in [0.15, 0.2) is 0 Å². The molecule has 0 amide bonds. The third-order valence-electron chi connectivity index (χ3n) is 4.61. The summed E-state index contributed by atoms with van der Waals surface area (Å²) < 4.78 is 2.07. The molecule has 0 unspecified atom stereocenters. The van der Waals surface area contributed by atoms with Crippen molar-refractivity contribution >= 4 is 17.2 Å². The number of hydrogen-bond donors (Lipinski definition) is 2. The summed E-state index contributed by atoms with van der Waals surface area (Å²) in [6.07, 6.45) is 3.04. The topological polar surface area (TPSA) is 49.6 Å². The number of hydrogen-bond acceptors (Lipinski definition) is 3. The number of aromatic hydroxyl groups is 1. The zero-order valence-corrected chi connectivity index (χ0v) is 14.9. The highest BCUT2D eigenvalue weighted by Gasteiger charge is 2.15. The van der Waals surface area contributed by atoms with E-state index in [1.807, 2.05) is 24.4 Å². The van der Waals surface area contributed by atoms with Gasteiger partial charge in [-0.3, -0.25) is 4.40 Å². The van der Waals surface area contributed by atoms with Crippen molar-refractivity contribution in [1.29, 1.82) is 0 Å². The molecule has 0 saturated heterocycles. The van der Waals surface area contributed by atoms with E-state index in [9.17, 15) is 5.11 Å². The monoisotopic (exact) mass is 343 g/mol. The number of benzene rings is 2. The molecule has 4 aromatic rings. The Morgan fingerprint density at radius 1 is 1.00 bits per heavy atom. The van der Waals surface area contributed by atoms with Crippen molar-refractivity contribution in [2.24, 2.45) is 0 Å². The number of nitrogens with one attached hydrogen (secondary N) is 1. The second-order valence-corrected chi connectivity index (χ2v) is 6.42. The molecule has 0 spiro atoms. The van der Waals surface area contributed by atoms with Crippen LogP contribution in [0.15, 0.2) is 66.9 Å². The molecule has 2 heterocycles. The zero-order chi connectivity index (χ0) is 18.1. The van der Waals surface area contributed by atoms with Gasteiger partial charge in [0.25, 0.3) is 0 Å². The molecule has 4 nitrogen and oxygen atoms in total. The van der Waals surface area contributed by atoms with E-state index in [-0.39, 0.29) is 5.75 Å². The fraction of sp³-hybridized carbons (Fsp3) is 0.136. The van der Waals surface area contributed by atoms with Crippen LogP contribution in [0.2, 0.25) is 0 Å². The van der Waals surface area contributed by atoms with Gasteiger partial charge in [0.1, 0.15) is 22.9 Å². The molecule has 0 bridgehead atoms. The molecule has 0 saturated carbocycles. The first-order valence-corrected chi connectivity index (χ1v) is 8.78. The molecule has 0 radical (unpaired) electrons. The average molecular weight is 343 g/mol. The standard InChI is InChI=1S/C22H21N3O/c1-3-16-6-10-18(11-7-16)23-22-20(17-8-12-19(26)13-9-17)24-21-15(2)5-4-14-25(21)22/h4-14,23,26H,3H2,1-2H3. The van der Waals surface area contributed by atoms with Crippen LogP contribution in [0.1, 0.15) is 18.1 Å². The molecule has 0 fully saturated rings. The number of phenols is 1. The van der Waals surface area contributed by atoms with Gasteiger partial charge in [0, 0.05) is 17.4 Å². The largest absolute Gasteiger partial charge is 0.508 e. The average Bonchev–Trinajstić information content (AvgIpc) is 3.03. The first-order valence-electron chi connectivity index (χ1n) is 8.78. The van der Waals surface area contributed by atoms with Crippen molar-refractivity contribution in [2.75, 3.05) is 5.32 Å². The van der Waals surface area contributed by atoms with Gasteiger partial charge in [-0.25, -0.2) is 4.98 Å². The highest BCUT2D eigenvalue weighted by atomic mass is 16.3. The van der Waals surface area contributed by atoms with Crippen molar-refractivity contribution in [2.45, 2.75) is 20.3 Å². The van der Waals surface area contributed by atoms with E-state index in [0.29, 0.717) is 0 Å². The van der Waals surface area contributed by atoms with E-state index in [4.69, 9.17) is 4.98 Å². The molecular formula is C22H21N3O. The zero-order valence-electron chi connectivity index (χ0n) is 14.9. The van der Waals surface area contributed by atoms with Crippen LogP contribution in [0.3, 0.4) is 0 Å². The minimum atomic E-state index is 0.248. The summed E-state index contributed by atoms with van der Waals surface area (Å²) in [5.41, 5.74) is 6.18. The van der Waals surface area contributed by atoms with Crippen molar-refractivity contribution in [1.82, 2.24) is 9.38 Å². The number of anilines is 2. The normalized spacial score (nSPS) is 11.0. The van der Waals surface area contributed by atoms with Crippen LogP contribution in [-0.2, 0) is 6.42 Å². The quantitative estimate of drug-likeness (QED) is 0.527. The second-order valence-electron chi connectivity index (χ2n) is 6.42. The van der Waals surface area contributed by atoms with E-state index in [1.165, 1.54) is 5.56 Å². The Hall–Kier alpha value is -3.27. The molecule has 4 heteroatoms. The van der Waals surface area contributed by atoms with Crippen LogP contribution in [-0.4, -0.2) is 14.5 Å². The lowest BCUT2D eigenvalue weighted by Gasteiger charge is -2.10. The van der Waals surface area contributed by atoms with Gasteiger partial charge in [-0.15, -0.1) is 0 Å². The molecule has 0 atom stereocenters. The predicted molar refractivity (Wildman–Crippen MR) is 106 cm³/mol. The molecule has 2 aromatic heterocycles. The molecule has 4 rings (SSSR count). The van der Waals surface area contributed by atoms with E-state index in [1.54, 1.807) is 12.1 Å². The lowest BCUT2D eigenvalue weighted by atomic mass is 10.1. The van der Waals surface area contributed by atoms with Gasteiger partial charge in [-0.2, -0.15) is 0 Å². The Morgan fingerprint density at radius 3 is 2.42 bits per heavy atom. The van der Waals surface area contributed by atoms with Gasteiger partial charge in [0.2, 0.25) is 0 Å². The number of aryl methyl sites for hydroxylation is 2. The summed E-state index contributed by atoms with van der Waals surface area (Å²) in [5.74, 6) is 1.16. The lowest BCUT2D eigenvalue weighted by Crippen LogP contribution is -1.97. The summed E-state index contributed by atoms with van der Waals surface area (Å²) in [4.78, 5) is 4.86. The van der Waals surface area contributed by atoms with Crippen molar-refractivity contribution in [3.05, 3.63) is 78.0 Å². The number of fused-ring (bicyclic) bond motifs is 1. The predicted octanol–water partition coefficient (Wildman–Crippen LogP) is 5.32. The van der Waals surface area contributed by atoms with Crippen LogP contribution in [0.25, 0.3) is 16.9 Å². The highest BCUT2D eigenvalue weighted by Crippen LogP contribution is 2.32. The molecule has 0 aliphatic heterocycles. The van der Waals surface area contributed by atoms with Crippen LogP contribution < -0.4 is 5.32 Å². The molecule has 26 heavy (non-hydrogen) atoms. The number of aromatic nitrogens is 2. The van der Waals surface area contributed by atoms with Gasteiger partial charge in [-0.1, -0.05) is 25.1 Å². The molecule has 2 aromatic carbocycles. The van der Waals surface area contributed by atoms with Gasteiger partial charge < -0.3 is 10.4 Å². The smallest absolute Gasteiger partial charge is 0.143 e. The second kappa shape index (κ2) is 6.56. The van der Waals surface area contributed by atoms with Crippen molar-refractivity contribution < 1.29 is 5.11 Å². The SMILES string of the molecule is CCc1ccc(Nc2c(-c3ccc(O)cc3)nc3c(C)cccn23)cc1. The van der Waals surface area contributed by atoms with Crippen LogP contribution in [0.4, 0.5) is 11.5 Å². The number of nitrogens with zero attached hydrogens (tertiary/aromatic N) is 2. The summed E-state index contributed by atoms with van der Waals surface area (Å²) >= 11 is 0. The fourth-order valence-corrected chi connectivity index (χ4v) is 3.10. The number of pyridine rings is 1. The Kier molecular flexibility index (Phi) is 4.09. The molecule has 0 aliphatic carbocycles. The summed E-state index contributed by atoms with van der Waals surface area (Å²) in [6.45, 7) is 4.21. The third kappa shape index (κ3) is 2.90. The minimum Gasteiger partial charge on any atom is -0.508 e. The third-order valence-corrected chi connectivity index (χ3v) is 4.61. The number of rotatable bonds is 4. The first-order chi connectivity index (χ1) is 12.7. The summed E-state index contributed by atoms with van der Waals surface area (Å²) in [6, 6.07) is 19.7. The summed E-state index contributed by atoms with van der Waals surface area (Å²) in [5, 5.41) is 13.1. The maximum atomic E-state index is 9.60. The lowest BCUT2D eigenvalue weighted by molar-refractivity contribution is 0.475. The molecule has 0 aliphatic rings. The maximum Gasteiger partial charge on any atom is 0.143 e.